The number of hydrogen-bond acceptors (Lipinski definition) is 3. The van der Waals surface area contributed by atoms with Gasteiger partial charge in [0, 0.05) is 11.9 Å². The third kappa shape index (κ3) is 3.80. The lowest BCUT2D eigenvalue weighted by Crippen LogP contribution is -2.20. The molecule has 2 amide bonds. The van der Waals surface area contributed by atoms with Gasteiger partial charge in [-0.15, -0.1) is 0 Å². The maximum absolute atomic E-state index is 11.8. The third-order valence-corrected chi connectivity index (χ3v) is 2.81. The molecule has 0 radical (unpaired) electrons. The Labute approximate surface area is 117 Å². The first kappa shape index (κ1) is 14.0. The number of hydrogen-bond donors (Lipinski definition) is 3. The molecule has 0 bridgehead atoms. The molecule has 2 aromatic rings. The van der Waals surface area contributed by atoms with Gasteiger partial charge in [-0.05, 0) is 49.2 Å². The average Bonchev–Trinajstić information content (AvgIpc) is 2.39. The van der Waals surface area contributed by atoms with Gasteiger partial charge in [-0.1, -0.05) is 12.1 Å². The van der Waals surface area contributed by atoms with Gasteiger partial charge < -0.3 is 10.4 Å². The monoisotopic (exact) mass is 271 g/mol. The summed E-state index contributed by atoms with van der Waals surface area (Å²) < 4.78 is 0. The van der Waals surface area contributed by atoms with Crippen LogP contribution >= 0.6 is 0 Å². The number of benzene rings is 1. The van der Waals surface area contributed by atoms with Crippen molar-refractivity contribution in [3.63, 3.8) is 0 Å². The van der Waals surface area contributed by atoms with E-state index in [9.17, 15) is 9.90 Å². The molecule has 0 aliphatic heterocycles. The van der Waals surface area contributed by atoms with Crippen molar-refractivity contribution in [1.82, 2.24) is 4.98 Å². The normalized spacial score (nSPS) is 11.8. The molecule has 0 fully saturated rings. The van der Waals surface area contributed by atoms with Crippen LogP contribution in [0.2, 0.25) is 0 Å². The third-order valence-electron chi connectivity index (χ3n) is 2.81. The van der Waals surface area contributed by atoms with Crippen LogP contribution in [0.1, 0.15) is 24.2 Å². The summed E-state index contributed by atoms with van der Waals surface area (Å²) in [6.07, 6.45) is 1.12. The maximum Gasteiger partial charge on any atom is 0.324 e. The lowest BCUT2D eigenvalue weighted by molar-refractivity contribution is 0.199. The van der Waals surface area contributed by atoms with E-state index < -0.39 is 6.10 Å². The Kier molecular flexibility index (Phi) is 4.32. The minimum atomic E-state index is -0.519. The van der Waals surface area contributed by atoms with Crippen molar-refractivity contribution in [1.29, 1.82) is 0 Å². The van der Waals surface area contributed by atoms with Crippen LogP contribution in [0.3, 0.4) is 0 Å². The quantitative estimate of drug-likeness (QED) is 0.803. The molecule has 104 valence electrons. The molecule has 20 heavy (non-hydrogen) atoms. The molecule has 0 spiro atoms. The van der Waals surface area contributed by atoms with Crippen molar-refractivity contribution in [2.24, 2.45) is 0 Å². The summed E-state index contributed by atoms with van der Waals surface area (Å²) >= 11 is 0. The number of aromatic nitrogens is 1. The molecule has 0 aliphatic rings. The highest BCUT2D eigenvalue weighted by atomic mass is 16.3. The average molecular weight is 271 g/mol. The Morgan fingerprint density at radius 2 is 1.90 bits per heavy atom. The molecule has 1 atom stereocenters. The molecular weight excluding hydrogens is 254 g/mol. The van der Waals surface area contributed by atoms with Gasteiger partial charge in [0.2, 0.25) is 0 Å². The van der Waals surface area contributed by atoms with Crippen LogP contribution in [-0.2, 0) is 0 Å². The van der Waals surface area contributed by atoms with E-state index in [0.717, 1.165) is 11.1 Å². The summed E-state index contributed by atoms with van der Waals surface area (Å²) in [5, 5.41) is 14.8. The zero-order valence-corrected chi connectivity index (χ0v) is 11.4. The first-order valence-electron chi connectivity index (χ1n) is 6.33. The molecule has 1 aromatic carbocycles. The van der Waals surface area contributed by atoms with Gasteiger partial charge in [-0.2, -0.15) is 0 Å². The van der Waals surface area contributed by atoms with Crippen LogP contribution in [0, 0.1) is 6.92 Å². The number of nitrogens with one attached hydrogen (secondary N) is 2. The van der Waals surface area contributed by atoms with Crippen LogP contribution in [0.25, 0.3) is 0 Å². The molecule has 0 saturated carbocycles. The fraction of sp³-hybridized carbons (Fsp3) is 0.200. The van der Waals surface area contributed by atoms with E-state index in [-0.39, 0.29) is 6.03 Å². The minimum absolute atomic E-state index is 0.354. The second-order valence-electron chi connectivity index (χ2n) is 4.60. The fourth-order valence-electron chi connectivity index (χ4n) is 1.73. The summed E-state index contributed by atoms with van der Waals surface area (Å²) in [6, 6.07) is 10.3. The van der Waals surface area contributed by atoms with Crippen molar-refractivity contribution >= 4 is 17.5 Å². The molecule has 1 aromatic heterocycles. The largest absolute Gasteiger partial charge is 0.389 e. The molecule has 3 N–H and O–H groups in total. The number of rotatable bonds is 3. The highest BCUT2D eigenvalue weighted by Gasteiger charge is 2.05. The van der Waals surface area contributed by atoms with Crippen LogP contribution in [0.4, 0.5) is 16.3 Å². The summed E-state index contributed by atoms with van der Waals surface area (Å²) in [4.78, 5) is 15.9. The van der Waals surface area contributed by atoms with Crippen molar-refractivity contribution in [2.75, 3.05) is 10.6 Å². The lowest BCUT2D eigenvalue weighted by atomic mass is 10.1. The van der Waals surface area contributed by atoms with Crippen molar-refractivity contribution in [2.45, 2.75) is 20.0 Å². The number of carbonyl (C=O) groups excluding carboxylic acids is 1. The molecular formula is C15H17N3O2. The second kappa shape index (κ2) is 6.16. The summed E-state index contributed by atoms with van der Waals surface area (Å²) in [5.41, 5.74) is 2.48. The maximum atomic E-state index is 11.8. The number of anilines is 2. The first-order valence-corrected chi connectivity index (χ1v) is 6.33. The second-order valence-corrected chi connectivity index (χ2v) is 4.60. The number of aliphatic hydroxyl groups is 1. The predicted molar refractivity (Wildman–Crippen MR) is 78.7 cm³/mol. The van der Waals surface area contributed by atoms with E-state index in [0.29, 0.717) is 11.5 Å². The molecule has 5 heteroatoms. The van der Waals surface area contributed by atoms with Gasteiger partial charge in [0.1, 0.15) is 5.82 Å². The molecule has 0 aliphatic carbocycles. The number of nitrogens with zero attached hydrogens (tertiary/aromatic N) is 1. The van der Waals surface area contributed by atoms with E-state index in [1.807, 2.05) is 13.0 Å². The molecule has 1 heterocycles. The van der Waals surface area contributed by atoms with Gasteiger partial charge in [0.25, 0.3) is 0 Å². The van der Waals surface area contributed by atoms with Gasteiger partial charge in [0.15, 0.2) is 0 Å². The zero-order chi connectivity index (χ0) is 14.5. The van der Waals surface area contributed by atoms with E-state index in [1.165, 1.54) is 0 Å². The molecule has 1 unspecified atom stereocenters. The number of carbonyl (C=O) groups is 1. The van der Waals surface area contributed by atoms with Crippen molar-refractivity contribution in [3.8, 4) is 0 Å². The standard InChI is InChI=1S/C15H17N3O2/c1-10-7-8-16-14(9-10)18-15(20)17-13-5-3-12(4-6-13)11(2)19/h3-9,11,19H,1-2H3,(H2,16,17,18,20). The topological polar surface area (TPSA) is 74.2 Å². The van der Waals surface area contributed by atoms with Crippen molar-refractivity contribution < 1.29 is 9.90 Å². The molecule has 0 saturated heterocycles. The minimum Gasteiger partial charge on any atom is -0.389 e. The predicted octanol–water partition coefficient (Wildman–Crippen LogP) is 3.09. The summed E-state index contributed by atoms with van der Waals surface area (Å²) in [7, 11) is 0. The smallest absolute Gasteiger partial charge is 0.324 e. The van der Waals surface area contributed by atoms with E-state index in [2.05, 4.69) is 15.6 Å². The Hall–Kier alpha value is -2.40. The Morgan fingerprint density at radius 1 is 1.20 bits per heavy atom. The highest BCUT2D eigenvalue weighted by molar-refractivity contribution is 5.99. The van der Waals surface area contributed by atoms with E-state index >= 15 is 0 Å². The van der Waals surface area contributed by atoms with Gasteiger partial charge in [-0.25, -0.2) is 9.78 Å². The van der Waals surface area contributed by atoms with Crippen LogP contribution < -0.4 is 10.6 Å². The lowest BCUT2D eigenvalue weighted by Gasteiger charge is -2.09. The molecule has 2 rings (SSSR count). The van der Waals surface area contributed by atoms with Crippen LogP contribution in [-0.4, -0.2) is 16.1 Å². The van der Waals surface area contributed by atoms with Gasteiger partial charge >= 0.3 is 6.03 Å². The fourth-order valence-corrected chi connectivity index (χ4v) is 1.73. The summed E-state index contributed by atoms with van der Waals surface area (Å²) in [5.74, 6) is 0.503. The van der Waals surface area contributed by atoms with Gasteiger partial charge in [0.05, 0.1) is 6.10 Å². The Morgan fingerprint density at radius 3 is 2.50 bits per heavy atom. The number of aliphatic hydroxyl groups excluding tert-OH is 1. The Bertz CT molecular complexity index is 594. The first-order chi connectivity index (χ1) is 9.54. The van der Waals surface area contributed by atoms with Crippen LogP contribution in [0.5, 0.6) is 0 Å². The number of pyridine rings is 1. The van der Waals surface area contributed by atoms with Gasteiger partial charge in [-0.3, -0.25) is 5.32 Å². The number of urea groups is 1. The number of aryl methyl sites for hydroxylation is 1. The number of amides is 2. The van der Waals surface area contributed by atoms with Crippen LogP contribution in [0.15, 0.2) is 42.6 Å². The molecule has 5 nitrogen and oxygen atoms in total. The van der Waals surface area contributed by atoms with E-state index in [1.54, 1.807) is 43.5 Å². The highest BCUT2D eigenvalue weighted by Crippen LogP contribution is 2.15. The summed E-state index contributed by atoms with van der Waals surface area (Å²) in [6.45, 7) is 3.62. The van der Waals surface area contributed by atoms with Crippen molar-refractivity contribution in [3.05, 3.63) is 53.7 Å². The SMILES string of the molecule is Cc1ccnc(NC(=O)Nc2ccc(C(C)O)cc2)c1. The zero-order valence-electron chi connectivity index (χ0n) is 11.4. The Balaban J connectivity index is 1.97. The van der Waals surface area contributed by atoms with E-state index in [4.69, 9.17) is 0 Å².